The molecule has 0 radical (unpaired) electrons. The summed E-state index contributed by atoms with van der Waals surface area (Å²) in [5.74, 6) is 1.41. The Bertz CT molecular complexity index is 641. The van der Waals surface area contributed by atoms with Gasteiger partial charge in [-0.1, -0.05) is 11.2 Å². The Balaban J connectivity index is 1.55. The molecule has 0 amide bonds. The highest BCUT2D eigenvalue weighted by molar-refractivity contribution is 5.10. The summed E-state index contributed by atoms with van der Waals surface area (Å²) in [6.45, 7) is 7.01. The summed E-state index contributed by atoms with van der Waals surface area (Å²) in [6, 6.07) is 8.24. The van der Waals surface area contributed by atoms with Crippen molar-refractivity contribution in [2.24, 2.45) is 5.92 Å². The average molecular weight is 315 g/mol. The average Bonchev–Trinajstić information content (AvgIpc) is 3.12. The van der Waals surface area contributed by atoms with Gasteiger partial charge < -0.3 is 9.26 Å². The molecule has 1 aliphatic heterocycles. The molecule has 1 saturated heterocycles. The van der Waals surface area contributed by atoms with Crippen molar-refractivity contribution >= 4 is 0 Å². The van der Waals surface area contributed by atoms with E-state index in [0.29, 0.717) is 5.92 Å². The van der Waals surface area contributed by atoms with E-state index in [-0.39, 0.29) is 6.10 Å². The van der Waals surface area contributed by atoms with Gasteiger partial charge in [-0.2, -0.15) is 0 Å². The summed E-state index contributed by atoms with van der Waals surface area (Å²) < 4.78 is 11.0. The zero-order chi connectivity index (χ0) is 16.2. The number of aromatic nitrogens is 2. The van der Waals surface area contributed by atoms with Gasteiger partial charge in [0, 0.05) is 63.0 Å². The molecule has 0 bridgehead atoms. The summed E-state index contributed by atoms with van der Waals surface area (Å²) in [7, 11) is 1.80. The van der Waals surface area contributed by atoms with Crippen LogP contribution < -0.4 is 0 Å². The first-order valence-electron chi connectivity index (χ1n) is 8.24. The van der Waals surface area contributed by atoms with Gasteiger partial charge in [0.15, 0.2) is 0 Å². The van der Waals surface area contributed by atoms with E-state index in [1.54, 1.807) is 7.11 Å². The largest absolute Gasteiger partial charge is 0.380 e. The standard InChI is InChI=1S/C18H25N3O2/c1-13-5-4-6-16(19-13)7-8-21-11-15(18(12-21)22-3)10-17-9-14(2)20-23-17/h4-6,9,15,18H,7-8,10-12H2,1-3H3/t15-,18+/m1/s1. The highest BCUT2D eigenvalue weighted by atomic mass is 16.5. The Morgan fingerprint density at radius 2 is 2.13 bits per heavy atom. The van der Waals surface area contributed by atoms with Gasteiger partial charge in [-0.05, 0) is 26.0 Å². The van der Waals surface area contributed by atoms with Crippen LogP contribution in [0.5, 0.6) is 0 Å². The number of aryl methyl sites for hydroxylation is 2. The van der Waals surface area contributed by atoms with Crippen molar-refractivity contribution in [2.75, 3.05) is 26.7 Å². The van der Waals surface area contributed by atoms with Crippen molar-refractivity contribution in [1.29, 1.82) is 0 Å². The van der Waals surface area contributed by atoms with Crippen LogP contribution in [-0.2, 0) is 17.6 Å². The van der Waals surface area contributed by atoms with Gasteiger partial charge in [0.2, 0.25) is 0 Å². The first-order valence-corrected chi connectivity index (χ1v) is 8.24. The van der Waals surface area contributed by atoms with E-state index in [4.69, 9.17) is 9.26 Å². The van der Waals surface area contributed by atoms with Crippen molar-refractivity contribution in [3.05, 3.63) is 47.1 Å². The minimum absolute atomic E-state index is 0.255. The van der Waals surface area contributed by atoms with E-state index in [9.17, 15) is 0 Å². The van der Waals surface area contributed by atoms with Crippen molar-refractivity contribution < 1.29 is 9.26 Å². The number of hydrogen-bond donors (Lipinski definition) is 0. The Labute approximate surface area is 137 Å². The molecule has 3 rings (SSSR count). The maximum Gasteiger partial charge on any atom is 0.137 e. The third-order valence-corrected chi connectivity index (χ3v) is 4.53. The summed E-state index contributed by atoms with van der Waals surface area (Å²) in [6.07, 6.45) is 2.12. The second-order valence-electron chi connectivity index (χ2n) is 6.45. The van der Waals surface area contributed by atoms with Crippen LogP contribution in [0.2, 0.25) is 0 Å². The lowest BCUT2D eigenvalue weighted by Gasteiger charge is -2.15. The van der Waals surface area contributed by atoms with Crippen molar-refractivity contribution in [3.8, 4) is 0 Å². The second kappa shape index (κ2) is 7.23. The maximum atomic E-state index is 5.68. The van der Waals surface area contributed by atoms with Gasteiger partial charge in [-0.15, -0.1) is 0 Å². The number of likely N-dealkylation sites (tertiary alicyclic amines) is 1. The molecule has 5 nitrogen and oxygen atoms in total. The van der Waals surface area contributed by atoms with E-state index >= 15 is 0 Å². The van der Waals surface area contributed by atoms with Gasteiger partial charge in [0.1, 0.15) is 5.76 Å². The van der Waals surface area contributed by atoms with Gasteiger partial charge in [0.05, 0.1) is 11.8 Å². The second-order valence-corrected chi connectivity index (χ2v) is 6.45. The number of methoxy groups -OCH3 is 1. The van der Waals surface area contributed by atoms with Crippen LogP contribution in [0, 0.1) is 19.8 Å². The van der Waals surface area contributed by atoms with Crippen molar-refractivity contribution in [2.45, 2.75) is 32.8 Å². The molecule has 0 N–H and O–H groups in total. The van der Waals surface area contributed by atoms with E-state index in [0.717, 1.165) is 55.3 Å². The summed E-state index contributed by atoms with van der Waals surface area (Å²) in [5, 5.41) is 3.98. The van der Waals surface area contributed by atoms with Gasteiger partial charge in [-0.3, -0.25) is 9.88 Å². The first kappa shape index (κ1) is 16.1. The Hall–Kier alpha value is -1.72. The van der Waals surface area contributed by atoms with Gasteiger partial charge in [-0.25, -0.2) is 0 Å². The molecule has 23 heavy (non-hydrogen) atoms. The molecule has 0 spiro atoms. The lowest BCUT2D eigenvalue weighted by molar-refractivity contribution is 0.0765. The third kappa shape index (κ3) is 4.18. The van der Waals surface area contributed by atoms with Crippen LogP contribution in [0.25, 0.3) is 0 Å². The fraction of sp³-hybridized carbons (Fsp3) is 0.556. The fourth-order valence-electron chi connectivity index (χ4n) is 3.36. The molecular formula is C18H25N3O2. The molecule has 0 saturated carbocycles. The normalized spacial score (nSPS) is 21.9. The number of ether oxygens (including phenoxy) is 1. The van der Waals surface area contributed by atoms with Crippen LogP contribution >= 0.6 is 0 Å². The number of pyridine rings is 1. The predicted molar refractivity (Wildman–Crippen MR) is 88.3 cm³/mol. The molecule has 0 unspecified atom stereocenters. The lowest BCUT2D eigenvalue weighted by atomic mass is 10.0. The Kier molecular flexibility index (Phi) is 5.08. The Morgan fingerprint density at radius 1 is 1.26 bits per heavy atom. The zero-order valence-electron chi connectivity index (χ0n) is 14.2. The first-order chi connectivity index (χ1) is 11.1. The highest BCUT2D eigenvalue weighted by Crippen LogP contribution is 2.24. The van der Waals surface area contributed by atoms with Crippen LogP contribution in [0.1, 0.15) is 22.8 Å². The smallest absolute Gasteiger partial charge is 0.137 e. The number of rotatable bonds is 6. The van der Waals surface area contributed by atoms with Crippen molar-refractivity contribution in [1.82, 2.24) is 15.0 Å². The third-order valence-electron chi connectivity index (χ3n) is 4.53. The predicted octanol–water partition coefficient (Wildman–Crippen LogP) is 2.42. The van der Waals surface area contributed by atoms with Crippen LogP contribution in [0.4, 0.5) is 0 Å². The minimum Gasteiger partial charge on any atom is -0.380 e. The number of nitrogens with zero attached hydrogens (tertiary/aromatic N) is 3. The fourth-order valence-corrected chi connectivity index (χ4v) is 3.36. The number of hydrogen-bond acceptors (Lipinski definition) is 5. The molecule has 1 aliphatic rings. The van der Waals surface area contributed by atoms with Crippen molar-refractivity contribution in [3.63, 3.8) is 0 Å². The molecule has 0 aromatic carbocycles. The molecule has 0 aliphatic carbocycles. The minimum atomic E-state index is 0.255. The monoisotopic (exact) mass is 315 g/mol. The van der Waals surface area contributed by atoms with E-state index in [2.05, 4.69) is 27.2 Å². The summed E-state index contributed by atoms with van der Waals surface area (Å²) >= 11 is 0. The maximum absolute atomic E-state index is 5.68. The zero-order valence-corrected chi connectivity index (χ0v) is 14.2. The molecule has 2 aromatic heterocycles. The summed E-state index contributed by atoms with van der Waals surface area (Å²) in [4.78, 5) is 7.05. The lowest BCUT2D eigenvalue weighted by Crippen LogP contribution is -2.25. The molecule has 1 fully saturated rings. The SMILES string of the molecule is CO[C@H]1CN(CCc2cccc(C)n2)C[C@H]1Cc1cc(C)no1. The van der Waals surface area contributed by atoms with E-state index in [1.165, 1.54) is 0 Å². The van der Waals surface area contributed by atoms with Crippen LogP contribution in [0.15, 0.2) is 28.8 Å². The molecular weight excluding hydrogens is 290 g/mol. The molecule has 3 heterocycles. The van der Waals surface area contributed by atoms with E-state index < -0.39 is 0 Å². The topological polar surface area (TPSA) is 51.4 Å². The highest BCUT2D eigenvalue weighted by Gasteiger charge is 2.33. The molecule has 2 atom stereocenters. The van der Waals surface area contributed by atoms with Gasteiger partial charge in [0.25, 0.3) is 0 Å². The molecule has 124 valence electrons. The van der Waals surface area contributed by atoms with Crippen LogP contribution in [-0.4, -0.2) is 47.9 Å². The van der Waals surface area contributed by atoms with Gasteiger partial charge >= 0.3 is 0 Å². The quantitative estimate of drug-likeness (QED) is 0.819. The molecule has 5 heteroatoms. The van der Waals surface area contributed by atoms with E-state index in [1.807, 2.05) is 26.0 Å². The van der Waals surface area contributed by atoms with Crippen LogP contribution in [0.3, 0.4) is 0 Å². The Morgan fingerprint density at radius 3 is 2.83 bits per heavy atom. The molecule has 2 aromatic rings. The summed E-state index contributed by atoms with van der Waals surface area (Å²) in [5.41, 5.74) is 3.18.